The van der Waals surface area contributed by atoms with Gasteiger partial charge in [-0.3, -0.25) is 14.9 Å². The van der Waals surface area contributed by atoms with Gasteiger partial charge in [-0.2, -0.15) is 0 Å². The number of ether oxygens (including phenoxy) is 1. The molecular formula is C16H22N2O5S. The summed E-state index contributed by atoms with van der Waals surface area (Å²) in [4.78, 5) is 22.4. The lowest BCUT2D eigenvalue weighted by Crippen LogP contribution is -2.29. The molecule has 8 heteroatoms. The molecule has 1 aromatic rings. The van der Waals surface area contributed by atoms with Gasteiger partial charge in [0.2, 0.25) is 21.8 Å². The molecule has 1 saturated heterocycles. The van der Waals surface area contributed by atoms with Crippen LogP contribution < -0.4 is 10.0 Å². The summed E-state index contributed by atoms with van der Waals surface area (Å²) in [6, 6.07) is 9.02. The second-order valence-electron chi connectivity index (χ2n) is 5.81. The minimum atomic E-state index is -3.41. The third kappa shape index (κ3) is 5.70. The summed E-state index contributed by atoms with van der Waals surface area (Å²) in [6.07, 6.45) is 0.451. The molecule has 1 fully saturated rings. The first-order chi connectivity index (χ1) is 11.4. The third-order valence-corrected chi connectivity index (χ3v) is 5.28. The molecule has 0 radical (unpaired) electrons. The molecule has 1 aliphatic rings. The molecule has 24 heavy (non-hydrogen) atoms. The van der Waals surface area contributed by atoms with Gasteiger partial charge in [0.1, 0.15) is 0 Å². The number of sulfonamides is 1. The number of hydrogen-bond donors (Lipinski definition) is 2. The molecule has 0 aromatic heterocycles. The summed E-state index contributed by atoms with van der Waals surface area (Å²) in [5.41, 5.74) is 0.897. The standard InChI is InChI=1S/C16H22N2O5S/c1-12(13-6-3-2-4-7-13)18-24(21,22)9-5-8-23-11-14-10-15(19)17-16(14)20/h2-4,6-7,12,14,18H,5,8-11H2,1H3,(H,17,19,20)/t12-,14?/m1/s1. The molecule has 0 bridgehead atoms. The number of nitrogens with one attached hydrogen (secondary N) is 2. The van der Waals surface area contributed by atoms with Crippen LogP contribution >= 0.6 is 0 Å². The van der Waals surface area contributed by atoms with Gasteiger partial charge in [-0.15, -0.1) is 0 Å². The first-order valence-corrected chi connectivity index (χ1v) is 9.49. The maximum absolute atomic E-state index is 12.1. The topological polar surface area (TPSA) is 102 Å². The van der Waals surface area contributed by atoms with Crippen LogP contribution in [0.5, 0.6) is 0 Å². The molecule has 0 spiro atoms. The predicted molar refractivity (Wildman–Crippen MR) is 88.5 cm³/mol. The Bertz CT molecular complexity index is 675. The molecule has 2 N–H and O–H groups in total. The van der Waals surface area contributed by atoms with Gasteiger partial charge < -0.3 is 4.74 Å². The summed E-state index contributed by atoms with van der Waals surface area (Å²) in [7, 11) is -3.41. The SMILES string of the molecule is C[C@@H](NS(=O)(=O)CCCOCC1CC(=O)NC1=O)c1ccccc1. The molecule has 7 nitrogen and oxygen atoms in total. The predicted octanol–water partition coefficient (Wildman–Crippen LogP) is 0.736. The van der Waals surface area contributed by atoms with Crippen LogP contribution in [0.3, 0.4) is 0 Å². The van der Waals surface area contributed by atoms with Gasteiger partial charge in [0.15, 0.2) is 0 Å². The van der Waals surface area contributed by atoms with Crippen molar-refractivity contribution in [2.24, 2.45) is 5.92 Å². The quantitative estimate of drug-likeness (QED) is 0.503. The van der Waals surface area contributed by atoms with Gasteiger partial charge in [0, 0.05) is 19.1 Å². The van der Waals surface area contributed by atoms with E-state index in [9.17, 15) is 18.0 Å². The average Bonchev–Trinajstić information content (AvgIpc) is 2.85. The Labute approximate surface area is 141 Å². The van der Waals surface area contributed by atoms with E-state index in [2.05, 4.69) is 10.0 Å². The van der Waals surface area contributed by atoms with E-state index in [1.54, 1.807) is 6.92 Å². The molecule has 0 aliphatic carbocycles. The molecule has 2 atom stereocenters. The average molecular weight is 354 g/mol. The van der Waals surface area contributed by atoms with Crippen LogP contribution in [0, 0.1) is 5.92 Å². The Morgan fingerprint density at radius 3 is 2.62 bits per heavy atom. The maximum atomic E-state index is 12.1. The molecule has 1 aliphatic heterocycles. The molecule has 0 saturated carbocycles. The number of benzene rings is 1. The van der Waals surface area contributed by atoms with Crippen molar-refractivity contribution in [3.05, 3.63) is 35.9 Å². The van der Waals surface area contributed by atoms with Crippen molar-refractivity contribution in [3.8, 4) is 0 Å². The Balaban J connectivity index is 1.67. The van der Waals surface area contributed by atoms with Crippen molar-refractivity contribution in [3.63, 3.8) is 0 Å². The lowest BCUT2D eigenvalue weighted by Gasteiger charge is -2.14. The third-order valence-electron chi connectivity index (χ3n) is 3.74. The Morgan fingerprint density at radius 1 is 1.29 bits per heavy atom. The van der Waals surface area contributed by atoms with Crippen molar-refractivity contribution in [2.45, 2.75) is 25.8 Å². The van der Waals surface area contributed by atoms with E-state index in [1.807, 2.05) is 30.3 Å². The summed E-state index contributed by atoms with van der Waals surface area (Å²) >= 11 is 0. The van der Waals surface area contributed by atoms with Crippen LogP contribution in [0.25, 0.3) is 0 Å². The van der Waals surface area contributed by atoms with Crippen molar-refractivity contribution in [1.82, 2.24) is 10.0 Å². The highest BCUT2D eigenvalue weighted by atomic mass is 32.2. The smallest absolute Gasteiger partial charge is 0.232 e. The number of imide groups is 1. The summed E-state index contributed by atoms with van der Waals surface area (Å²) in [6.45, 7) is 2.14. The van der Waals surface area contributed by atoms with Crippen LogP contribution in [0.15, 0.2) is 30.3 Å². The van der Waals surface area contributed by atoms with Crippen molar-refractivity contribution < 1.29 is 22.7 Å². The summed E-state index contributed by atoms with van der Waals surface area (Å²) in [5, 5.41) is 2.21. The minimum absolute atomic E-state index is 0.0556. The van der Waals surface area contributed by atoms with Crippen LogP contribution in [-0.4, -0.2) is 39.2 Å². The van der Waals surface area contributed by atoms with Gasteiger partial charge >= 0.3 is 0 Å². The highest BCUT2D eigenvalue weighted by Crippen LogP contribution is 2.13. The van der Waals surface area contributed by atoms with Gasteiger partial charge in [-0.25, -0.2) is 13.1 Å². The molecule has 1 heterocycles. The van der Waals surface area contributed by atoms with Crippen LogP contribution in [0.2, 0.25) is 0 Å². The highest BCUT2D eigenvalue weighted by Gasteiger charge is 2.30. The first kappa shape index (κ1) is 18.6. The van der Waals surface area contributed by atoms with Crippen molar-refractivity contribution in [1.29, 1.82) is 0 Å². The minimum Gasteiger partial charge on any atom is -0.381 e. The van der Waals surface area contributed by atoms with E-state index in [0.29, 0.717) is 6.42 Å². The molecule has 1 aromatic carbocycles. The second kappa shape index (κ2) is 8.36. The Hall–Kier alpha value is -1.77. The van der Waals surface area contributed by atoms with E-state index >= 15 is 0 Å². The zero-order chi connectivity index (χ0) is 17.6. The van der Waals surface area contributed by atoms with Crippen molar-refractivity contribution in [2.75, 3.05) is 19.0 Å². The highest BCUT2D eigenvalue weighted by molar-refractivity contribution is 7.89. The first-order valence-electron chi connectivity index (χ1n) is 7.84. The summed E-state index contributed by atoms with van der Waals surface area (Å²) < 4.78 is 32.0. The lowest BCUT2D eigenvalue weighted by molar-refractivity contribution is -0.126. The molecule has 2 rings (SSSR count). The number of carbonyl (C=O) groups is 2. The van der Waals surface area contributed by atoms with Crippen LogP contribution in [0.1, 0.15) is 31.4 Å². The van der Waals surface area contributed by atoms with Gasteiger partial charge in [0.05, 0.1) is 18.3 Å². The van der Waals surface area contributed by atoms with Crippen molar-refractivity contribution >= 4 is 21.8 Å². The van der Waals surface area contributed by atoms with Gasteiger partial charge in [0.25, 0.3) is 0 Å². The van der Waals surface area contributed by atoms with Crippen LogP contribution in [-0.2, 0) is 24.3 Å². The number of hydrogen-bond acceptors (Lipinski definition) is 5. The number of rotatable bonds is 9. The fraction of sp³-hybridized carbons (Fsp3) is 0.500. The number of amides is 2. The zero-order valence-electron chi connectivity index (χ0n) is 13.5. The zero-order valence-corrected chi connectivity index (χ0v) is 14.3. The molecule has 1 unspecified atom stereocenters. The fourth-order valence-electron chi connectivity index (χ4n) is 2.46. The van der Waals surface area contributed by atoms with Crippen LogP contribution in [0.4, 0.5) is 0 Å². The monoisotopic (exact) mass is 354 g/mol. The maximum Gasteiger partial charge on any atom is 0.232 e. The lowest BCUT2D eigenvalue weighted by atomic mass is 10.1. The fourth-order valence-corrected chi connectivity index (χ4v) is 3.75. The molecular weight excluding hydrogens is 332 g/mol. The van der Waals surface area contributed by atoms with E-state index in [0.717, 1.165) is 5.56 Å². The molecule has 2 amide bonds. The normalized spacial score (nSPS) is 19.3. The van der Waals surface area contributed by atoms with Gasteiger partial charge in [-0.05, 0) is 18.9 Å². The van der Waals surface area contributed by atoms with E-state index in [4.69, 9.17) is 4.74 Å². The largest absolute Gasteiger partial charge is 0.381 e. The Kier molecular flexibility index (Phi) is 6.47. The van der Waals surface area contributed by atoms with E-state index in [-0.39, 0.29) is 43.2 Å². The summed E-state index contributed by atoms with van der Waals surface area (Å²) in [5.74, 6) is -1.15. The Morgan fingerprint density at radius 2 is 2.00 bits per heavy atom. The second-order valence-corrected chi connectivity index (χ2v) is 7.68. The van der Waals surface area contributed by atoms with E-state index < -0.39 is 15.9 Å². The van der Waals surface area contributed by atoms with E-state index in [1.165, 1.54) is 0 Å². The number of carbonyl (C=O) groups excluding carboxylic acids is 2. The van der Waals surface area contributed by atoms with Gasteiger partial charge in [-0.1, -0.05) is 30.3 Å². The molecule has 132 valence electrons.